The molecule has 0 unspecified atom stereocenters. The molecule has 4 rings (SSSR count). The van der Waals surface area contributed by atoms with Crippen molar-refractivity contribution >= 4 is 21.4 Å². The number of aromatic nitrogens is 5. The molecule has 3 atom stereocenters. The fraction of sp³-hybridized carbons (Fsp3) is 0.684. The molecule has 3 heterocycles. The van der Waals surface area contributed by atoms with Crippen LogP contribution in [0.3, 0.4) is 0 Å². The predicted octanol–water partition coefficient (Wildman–Crippen LogP) is 2.01. The normalized spacial score (nSPS) is 22.8. The summed E-state index contributed by atoms with van der Waals surface area (Å²) < 4.78 is 45.3. The zero-order chi connectivity index (χ0) is 22.2. The molecule has 0 amide bonds. The van der Waals surface area contributed by atoms with Gasteiger partial charge in [0.05, 0.1) is 30.1 Å². The highest BCUT2D eigenvalue weighted by atomic mass is 35.5. The molecule has 1 aliphatic carbocycles. The first-order valence-electron chi connectivity index (χ1n) is 10.1. The standard InChI is InChI=1S/C19H26ClN5O5S/c1-12(16(28-3)17-21-8-13(20)9-22-17)31(26,27)11-15-23-24-18(14-10-29-6-7-30-14)25(15)19(2)4-5-19/h8-9,12,14,16H,4-7,10-11H2,1-3H3/t12-,14+,16-/m0/s1. The maximum absolute atomic E-state index is 13.3. The zero-order valence-corrected chi connectivity index (χ0v) is 19.3. The molecule has 0 spiro atoms. The second kappa shape index (κ2) is 8.70. The van der Waals surface area contributed by atoms with Gasteiger partial charge in [-0.25, -0.2) is 18.4 Å². The largest absolute Gasteiger partial charge is 0.376 e. The quantitative estimate of drug-likeness (QED) is 0.569. The molecule has 10 nitrogen and oxygen atoms in total. The first-order valence-corrected chi connectivity index (χ1v) is 12.2. The molecule has 2 fully saturated rings. The highest BCUT2D eigenvalue weighted by molar-refractivity contribution is 7.91. The van der Waals surface area contributed by atoms with Gasteiger partial charge in [0.2, 0.25) is 0 Å². The monoisotopic (exact) mass is 471 g/mol. The van der Waals surface area contributed by atoms with Gasteiger partial charge in [0.1, 0.15) is 23.8 Å². The van der Waals surface area contributed by atoms with Crippen LogP contribution in [-0.4, -0.2) is 65.3 Å². The number of ether oxygens (including phenoxy) is 3. The van der Waals surface area contributed by atoms with E-state index in [2.05, 4.69) is 27.1 Å². The average molecular weight is 472 g/mol. The van der Waals surface area contributed by atoms with Gasteiger partial charge in [0, 0.05) is 25.0 Å². The van der Waals surface area contributed by atoms with Crippen molar-refractivity contribution in [2.24, 2.45) is 0 Å². The summed E-state index contributed by atoms with van der Waals surface area (Å²) in [5, 5.41) is 7.99. The van der Waals surface area contributed by atoms with E-state index in [-0.39, 0.29) is 23.2 Å². The first-order chi connectivity index (χ1) is 14.7. The van der Waals surface area contributed by atoms with E-state index < -0.39 is 21.2 Å². The van der Waals surface area contributed by atoms with Gasteiger partial charge in [-0.1, -0.05) is 11.6 Å². The predicted molar refractivity (Wildman–Crippen MR) is 111 cm³/mol. The second-order valence-electron chi connectivity index (χ2n) is 8.17. The van der Waals surface area contributed by atoms with E-state index in [1.807, 2.05) is 4.57 Å². The Balaban J connectivity index is 1.61. The summed E-state index contributed by atoms with van der Waals surface area (Å²) in [5.74, 6) is 0.981. The van der Waals surface area contributed by atoms with Crippen molar-refractivity contribution in [1.29, 1.82) is 0 Å². The lowest BCUT2D eigenvalue weighted by atomic mass is 10.2. The van der Waals surface area contributed by atoms with Crippen LogP contribution in [0.25, 0.3) is 0 Å². The van der Waals surface area contributed by atoms with Crippen LogP contribution in [0.4, 0.5) is 0 Å². The van der Waals surface area contributed by atoms with Crippen molar-refractivity contribution in [2.45, 2.75) is 55.4 Å². The number of hydrogen-bond acceptors (Lipinski definition) is 9. The van der Waals surface area contributed by atoms with Gasteiger partial charge in [0.15, 0.2) is 21.5 Å². The summed E-state index contributed by atoms with van der Waals surface area (Å²) >= 11 is 5.85. The summed E-state index contributed by atoms with van der Waals surface area (Å²) in [6.07, 6.45) is 3.48. The molecular weight excluding hydrogens is 446 g/mol. The molecule has 0 N–H and O–H groups in total. The van der Waals surface area contributed by atoms with Gasteiger partial charge >= 0.3 is 0 Å². The smallest absolute Gasteiger partial charge is 0.165 e. The number of rotatable bonds is 8. The van der Waals surface area contributed by atoms with E-state index in [0.29, 0.717) is 36.5 Å². The molecule has 31 heavy (non-hydrogen) atoms. The Bertz CT molecular complexity index is 1020. The van der Waals surface area contributed by atoms with Crippen molar-refractivity contribution in [3.05, 3.63) is 34.9 Å². The van der Waals surface area contributed by atoms with Gasteiger partial charge in [0.25, 0.3) is 0 Å². The highest BCUT2D eigenvalue weighted by Crippen LogP contribution is 2.45. The van der Waals surface area contributed by atoms with E-state index in [9.17, 15) is 8.42 Å². The molecule has 0 aromatic carbocycles. The van der Waals surface area contributed by atoms with Gasteiger partial charge < -0.3 is 18.8 Å². The van der Waals surface area contributed by atoms with Crippen molar-refractivity contribution in [3.63, 3.8) is 0 Å². The molecule has 2 aromatic rings. The Morgan fingerprint density at radius 2 is 2.00 bits per heavy atom. The van der Waals surface area contributed by atoms with Crippen molar-refractivity contribution < 1.29 is 22.6 Å². The lowest BCUT2D eigenvalue weighted by Gasteiger charge is -2.26. The summed E-state index contributed by atoms with van der Waals surface area (Å²) in [6, 6.07) is 0. The highest BCUT2D eigenvalue weighted by Gasteiger charge is 2.45. The van der Waals surface area contributed by atoms with E-state index in [0.717, 1.165) is 12.8 Å². The number of methoxy groups -OCH3 is 1. The lowest BCUT2D eigenvalue weighted by molar-refractivity contribution is -0.0953. The third-order valence-electron chi connectivity index (χ3n) is 5.84. The Labute approximate surface area is 186 Å². The second-order valence-corrected chi connectivity index (χ2v) is 11.0. The van der Waals surface area contributed by atoms with Crippen LogP contribution in [0.1, 0.15) is 56.4 Å². The van der Waals surface area contributed by atoms with Crippen molar-refractivity contribution in [1.82, 2.24) is 24.7 Å². The molecule has 1 saturated carbocycles. The van der Waals surface area contributed by atoms with Crippen molar-refractivity contribution in [3.8, 4) is 0 Å². The molecule has 2 aliphatic rings. The maximum Gasteiger partial charge on any atom is 0.165 e. The van der Waals surface area contributed by atoms with Crippen LogP contribution in [-0.2, 0) is 35.3 Å². The van der Waals surface area contributed by atoms with Gasteiger partial charge in [-0.15, -0.1) is 10.2 Å². The summed E-state index contributed by atoms with van der Waals surface area (Å²) in [7, 11) is -2.26. The number of nitrogens with zero attached hydrogens (tertiary/aromatic N) is 5. The van der Waals surface area contributed by atoms with Gasteiger partial charge in [-0.2, -0.15) is 0 Å². The third kappa shape index (κ3) is 4.61. The minimum atomic E-state index is -3.69. The Morgan fingerprint density at radius 1 is 1.29 bits per heavy atom. The van der Waals surface area contributed by atoms with Crippen LogP contribution in [0, 0.1) is 0 Å². The van der Waals surface area contributed by atoms with E-state index in [1.165, 1.54) is 19.5 Å². The molecule has 1 saturated heterocycles. The first kappa shape index (κ1) is 22.5. The number of halogens is 1. The van der Waals surface area contributed by atoms with Crippen LogP contribution < -0.4 is 0 Å². The fourth-order valence-corrected chi connectivity index (χ4v) is 5.25. The summed E-state index contributed by atoms with van der Waals surface area (Å²) in [4.78, 5) is 8.25. The minimum absolute atomic E-state index is 0.215. The Kier molecular flexibility index (Phi) is 6.32. The average Bonchev–Trinajstić information content (AvgIpc) is 3.36. The van der Waals surface area contributed by atoms with Gasteiger partial charge in [-0.05, 0) is 26.7 Å². The molecule has 2 aromatic heterocycles. The van der Waals surface area contributed by atoms with E-state index in [1.54, 1.807) is 6.92 Å². The van der Waals surface area contributed by atoms with Gasteiger partial charge in [-0.3, -0.25) is 0 Å². The van der Waals surface area contributed by atoms with Crippen LogP contribution in [0.15, 0.2) is 12.4 Å². The molecule has 1 aliphatic heterocycles. The van der Waals surface area contributed by atoms with E-state index in [4.69, 9.17) is 25.8 Å². The molecule has 0 bridgehead atoms. The fourth-order valence-electron chi connectivity index (χ4n) is 3.74. The molecular formula is C19H26ClN5O5S. The maximum atomic E-state index is 13.3. The summed E-state index contributed by atoms with van der Waals surface area (Å²) in [6.45, 7) is 5.03. The number of hydrogen-bond donors (Lipinski definition) is 0. The minimum Gasteiger partial charge on any atom is -0.376 e. The topological polar surface area (TPSA) is 118 Å². The molecule has 170 valence electrons. The van der Waals surface area contributed by atoms with E-state index >= 15 is 0 Å². The lowest BCUT2D eigenvalue weighted by Crippen LogP contribution is -2.32. The van der Waals surface area contributed by atoms with Crippen LogP contribution in [0.2, 0.25) is 5.02 Å². The van der Waals surface area contributed by atoms with Crippen LogP contribution in [0.5, 0.6) is 0 Å². The molecule has 12 heteroatoms. The number of sulfone groups is 1. The SMILES string of the molecule is CO[C@H](c1ncc(Cl)cn1)[C@H](C)S(=O)(=O)Cc1nnc([C@H]2COCCO2)n1C1(C)CC1. The van der Waals surface area contributed by atoms with Crippen molar-refractivity contribution in [2.75, 3.05) is 26.9 Å². The van der Waals surface area contributed by atoms with Crippen LogP contribution >= 0.6 is 11.6 Å². The zero-order valence-electron chi connectivity index (χ0n) is 17.7. The molecule has 0 radical (unpaired) electrons. The Morgan fingerprint density at radius 3 is 2.58 bits per heavy atom. The Hall–Kier alpha value is -1.66. The summed E-state index contributed by atoms with van der Waals surface area (Å²) in [5.41, 5.74) is -0.215. The third-order valence-corrected chi connectivity index (χ3v) is 8.08.